The number of carbonyl (C=O) groups is 1. The first kappa shape index (κ1) is 16.5. The third kappa shape index (κ3) is 2.78. The number of aryl methyl sites for hydroxylation is 1. The summed E-state index contributed by atoms with van der Waals surface area (Å²) < 4.78 is 0. The van der Waals surface area contributed by atoms with E-state index in [9.17, 15) is 10.1 Å². The molecule has 0 saturated carbocycles. The second-order valence-electron chi connectivity index (χ2n) is 7.66. The molecule has 0 fully saturated rings. The lowest BCUT2D eigenvalue weighted by molar-refractivity contribution is -0.118. The predicted molar refractivity (Wildman–Crippen MR) is 95.0 cm³/mol. The molecule has 0 saturated heterocycles. The second kappa shape index (κ2) is 5.94. The molecule has 0 amide bonds. The number of benzene rings is 1. The summed E-state index contributed by atoms with van der Waals surface area (Å²) in [6.45, 7) is 10.4. The van der Waals surface area contributed by atoms with Crippen LogP contribution < -0.4 is 5.32 Å². The fraction of sp³-hybridized carbons (Fsp3) is 0.429. The number of nitrogens with zero attached hydrogens (tertiary/aromatic N) is 1. The van der Waals surface area contributed by atoms with E-state index in [4.69, 9.17) is 0 Å². The number of Topliss-reactive ketones (excluding diaryl/α,β-unsaturated/α-hetero) is 1. The Morgan fingerprint density at radius 3 is 2.54 bits per heavy atom. The quantitative estimate of drug-likeness (QED) is 0.887. The molecule has 0 spiro atoms. The van der Waals surface area contributed by atoms with Crippen LogP contribution in [0.3, 0.4) is 0 Å². The molecule has 3 nitrogen and oxygen atoms in total. The van der Waals surface area contributed by atoms with E-state index in [1.165, 1.54) is 5.56 Å². The van der Waals surface area contributed by atoms with Crippen LogP contribution in [0.25, 0.3) is 0 Å². The Hall–Kier alpha value is -2.34. The van der Waals surface area contributed by atoms with Crippen molar-refractivity contribution in [3.63, 3.8) is 0 Å². The van der Waals surface area contributed by atoms with Gasteiger partial charge in [0.15, 0.2) is 5.78 Å². The number of allylic oxidation sites excluding steroid dienone is 3. The summed E-state index contributed by atoms with van der Waals surface area (Å²) in [4.78, 5) is 12.9. The van der Waals surface area contributed by atoms with E-state index in [1.54, 1.807) is 0 Å². The summed E-state index contributed by atoms with van der Waals surface area (Å²) in [5.74, 6) is -0.472. The van der Waals surface area contributed by atoms with Crippen LogP contribution in [-0.2, 0) is 11.2 Å². The van der Waals surface area contributed by atoms with Crippen LogP contribution in [0, 0.1) is 22.7 Å². The van der Waals surface area contributed by atoms with E-state index in [1.807, 2.05) is 0 Å². The van der Waals surface area contributed by atoms with Gasteiger partial charge in [-0.15, -0.1) is 0 Å². The van der Waals surface area contributed by atoms with Crippen molar-refractivity contribution in [3.05, 3.63) is 58.9 Å². The maximum atomic E-state index is 12.9. The van der Waals surface area contributed by atoms with Crippen molar-refractivity contribution < 1.29 is 4.79 Å². The maximum absolute atomic E-state index is 12.9. The highest BCUT2D eigenvalue weighted by Crippen LogP contribution is 2.47. The Kier molecular flexibility index (Phi) is 4.09. The van der Waals surface area contributed by atoms with Gasteiger partial charge in [-0.3, -0.25) is 4.79 Å². The minimum atomic E-state index is -0.415. The lowest BCUT2D eigenvalue weighted by Crippen LogP contribution is -2.40. The maximum Gasteiger partial charge on any atom is 0.161 e. The van der Waals surface area contributed by atoms with Crippen molar-refractivity contribution >= 4 is 5.78 Å². The van der Waals surface area contributed by atoms with Crippen LogP contribution in [0.4, 0.5) is 0 Å². The minimum absolute atomic E-state index is 0.0563. The average molecular weight is 320 g/mol. The SMILES string of the molecule is C=C1NC2=C(C(=O)CC(C)(C)C2)C(c2ccc(CC)cc2)C1C#N. The average Bonchev–Trinajstić information content (AvgIpc) is 2.52. The van der Waals surface area contributed by atoms with Crippen LogP contribution >= 0.6 is 0 Å². The molecule has 2 atom stereocenters. The molecule has 1 N–H and O–H groups in total. The highest BCUT2D eigenvalue weighted by atomic mass is 16.1. The Morgan fingerprint density at radius 1 is 1.29 bits per heavy atom. The Bertz CT molecular complexity index is 762. The molecule has 1 aliphatic heterocycles. The second-order valence-corrected chi connectivity index (χ2v) is 7.66. The first-order valence-electron chi connectivity index (χ1n) is 8.57. The van der Waals surface area contributed by atoms with E-state index in [0.717, 1.165) is 29.7 Å². The van der Waals surface area contributed by atoms with Gasteiger partial charge in [0, 0.05) is 29.3 Å². The summed E-state index contributed by atoms with van der Waals surface area (Å²) in [5.41, 5.74) is 4.67. The van der Waals surface area contributed by atoms with E-state index in [-0.39, 0.29) is 17.1 Å². The number of nitrogens with one attached hydrogen (secondary N) is 1. The van der Waals surface area contributed by atoms with Crippen LogP contribution in [0.2, 0.25) is 0 Å². The first-order valence-corrected chi connectivity index (χ1v) is 8.57. The van der Waals surface area contributed by atoms with E-state index in [0.29, 0.717) is 12.1 Å². The molecule has 0 aromatic heterocycles. The Morgan fingerprint density at radius 2 is 1.96 bits per heavy atom. The molecule has 1 aliphatic carbocycles. The summed E-state index contributed by atoms with van der Waals surface area (Å²) in [6.07, 6.45) is 2.32. The Labute approximate surface area is 144 Å². The van der Waals surface area contributed by atoms with Gasteiger partial charge in [-0.05, 0) is 29.4 Å². The molecule has 124 valence electrons. The third-order valence-electron chi connectivity index (χ3n) is 5.14. The number of hydrogen-bond acceptors (Lipinski definition) is 3. The van der Waals surface area contributed by atoms with Crippen LogP contribution in [-0.4, -0.2) is 5.78 Å². The fourth-order valence-corrected chi connectivity index (χ4v) is 3.92. The van der Waals surface area contributed by atoms with Gasteiger partial charge in [-0.25, -0.2) is 0 Å². The Balaban J connectivity index is 2.13. The van der Waals surface area contributed by atoms with Gasteiger partial charge >= 0.3 is 0 Å². The van der Waals surface area contributed by atoms with Crippen LogP contribution in [0.15, 0.2) is 47.8 Å². The van der Waals surface area contributed by atoms with Crippen molar-refractivity contribution in [3.8, 4) is 6.07 Å². The highest BCUT2D eigenvalue weighted by Gasteiger charge is 2.43. The molecular formula is C21H24N2O. The molecule has 2 aliphatic rings. The van der Waals surface area contributed by atoms with E-state index in [2.05, 4.69) is 63.0 Å². The van der Waals surface area contributed by atoms with Crippen LogP contribution in [0.1, 0.15) is 50.7 Å². The fourth-order valence-electron chi connectivity index (χ4n) is 3.92. The van der Waals surface area contributed by atoms with Crippen molar-refractivity contribution in [2.75, 3.05) is 0 Å². The molecular weight excluding hydrogens is 296 g/mol. The van der Waals surface area contributed by atoms with Gasteiger partial charge in [0.05, 0.1) is 12.0 Å². The summed E-state index contributed by atoms with van der Waals surface area (Å²) >= 11 is 0. The molecule has 1 heterocycles. The zero-order chi connectivity index (χ0) is 17.5. The largest absolute Gasteiger partial charge is 0.361 e. The molecule has 3 heteroatoms. The van der Waals surface area contributed by atoms with Crippen LogP contribution in [0.5, 0.6) is 0 Å². The number of hydrogen-bond donors (Lipinski definition) is 1. The molecule has 1 aromatic rings. The highest BCUT2D eigenvalue weighted by molar-refractivity contribution is 5.99. The minimum Gasteiger partial charge on any atom is -0.361 e. The molecule has 2 unspecified atom stereocenters. The number of carbonyl (C=O) groups excluding carboxylic acids is 1. The molecule has 1 aromatic carbocycles. The van der Waals surface area contributed by atoms with Crippen molar-refractivity contribution in [2.45, 2.75) is 46.0 Å². The van der Waals surface area contributed by atoms with Gasteiger partial charge in [0.1, 0.15) is 0 Å². The van der Waals surface area contributed by atoms with Gasteiger partial charge in [0.25, 0.3) is 0 Å². The number of nitriles is 1. The monoisotopic (exact) mass is 320 g/mol. The van der Waals surface area contributed by atoms with Crippen molar-refractivity contribution in [1.29, 1.82) is 5.26 Å². The van der Waals surface area contributed by atoms with Gasteiger partial charge in [-0.2, -0.15) is 5.26 Å². The lowest BCUT2D eigenvalue weighted by atomic mass is 9.67. The van der Waals surface area contributed by atoms with Gasteiger partial charge in [0.2, 0.25) is 0 Å². The third-order valence-corrected chi connectivity index (χ3v) is 5.14. The zero-order valence-electron chi connectivity index (χ0n) is 14.6. The molecule has 0 radical (unpaired) electrons. The lowest BCUT2D eigenvalue weighted by Gasteiger charge is -2.41. The zero-order valence-corrected chi connectivity index (χ0v) is 14.6. The first-order chi connectivity index (χ1) is 11.4. The predicted octanol–water partition coefficient (Wildman–Crippen LogP) is 4.23. The normalized spacial score (nSPS) is 25.8. The van der Waals surface area contributed by atoms with E-state index < -0.39 is 5.92 Å². The van der Waals surface area contributed by atoms with Crippen molar-refractivity contribution in [2.24, 2.45) is 11.3 Å². The topological polar surface area (TPSA) is 52.9 Å². The number of rotatable bonds is 2. The summed E-state index contributed by atoms with van der Waals surface area (Å²) in [7, 11) is 0. The molecule has 0 bridgehead atoms. The van der Waals surface area contributed by atoms with Gasteiger partial charge < -0.3 is 5.32 Å². The standard InChI is InChI=1S/C21H24N2O/c1-5-14-6-8-15(9-7-14)19-16(12-22)13(2)23-17-10-21(3,4)11-18(24)20(17)19/h6-9,16,19,23H,2,5,10-11H2,1,3-4H3. The summed E-state index contributed by atoms with van der Waals surface area (Å²) in [6, 6.07) is 10.7. The van der Waals surface area contributed by atoms with E-state index >= 15 is 0 Å². The summed E-state index contributed by atoms with van der Waals surface area (Å²) in [5, 5.41) is 13.0. The van der Waals surface area contributed by atoms with Gasteiger partial charge in [-0.1, -0.05) is 51.6 Å². The number of ketones is 1. The molecule has 24 heavy (non-hydrogen) atoms. The smallest absolute Gasteiger partial charge is 0.161 e. The molecule has 3 rings (SSSR count). The van der Waals surface area contributed by atoms with Crippen molar-refractivity contribution in [1.82, 2.24) is 5.32 Å².